The quantitative estimate of drug-likeness (QED) is 0.114. The van der Waals surface area contributed by atoms with Crippen LogP contribution in [-0.4, -0.2) is 178 Å². The number of amides is 2. The fourth-order valence-corrected chi connectivity index (χ4v) is 10.9. The van der Waals surface area contributed by atoms with Crippen LogP contribution in [0, 0.1) is 17.8 Å². The van der Waals surface area contributed by atoms with Crippen LogP contribution in [0.3, 0.4) is 0 Å². The number of rotatable bonds is 12. The van der Waals surface area contributed by atoms with Gasteiger partial charge in [0.05, 0.1) is 47.2 Å². The van der Waals surface area contributed by atoms with Crippen LogP contribution in [0.1, 0.15) is 101 Å². The molecule has 3 fully saturated rings. The van der Waals surface area contributed by atoms with Crippen molar-refractivity contribution in [2.45, 2.75) is 192 Å². The van der Waals surface area contributed by atoms with Crippen molar-refractivity contribution >= 4 is 28.5 Å². The first-order valence-corrected chi connectivity index (χ1v) is 24.6. The number of anilines is 1. The number of urea groups is 1. The second kappa shape index (κ2) is 23.5. The van der Waals surface area contributed by atoms with E-state index in [0.717, 1.165) is 10.8 Å². The van der Waals surface area contributed by atoms with Crippen molar-refractivity contribution in [2.75, 3.05) is 46.2 Å². The minimum atomic E-state index is -1.92. The summed E-state index contributed by atoms with van der Waals surface area (Å²) in [6.07, 6.45) is -8.58. The normalized spacial score (nSPS) is 40.6. The molecule has 3 heterocycles. The summed E-state index contributed by atoms with van der Waals surface area (Å²) in [7, 11) is 5.26. The number of methoxy groups -OCH3 is 1. The number of benzene rings is 2. The summed E-state index contributed by atoms with van der Waals surface area (Å²) in [6, 6.07) is 12.1. The van der Waals surface area contributed by atoms with Crippen LogP contribution in [0.4, 0.5) is 10.5 Å². The maximum Gasteiger partial charge on any atom is 0.319 e. The fourth-order valence-electron chi connectivity index (χ4n) is 10.9. The Bertz CT molecular complexity index is 1930. The summed E-state index contributed by atoms with van der Waals surface area (Å²) in [4.78, 5) is 31.6. The van der Waals surface area contributed by atoms with Crippen LogP contribution in [0.15, 0.2) is 42.5 Å². The molecule has 2 aromatic rings. The molecule has 3 saturated heterocycles. The highest BCUT2D eigenvalue weighted by molar-refractivity contribution is 6.01. The summed E-state index contributed by atoms with van der Waals surface area (Å²) in [5, 5.41) is 67.8. The highest BCUT2D eigenvalue weighted by atomic mass is 16.7. The molecule has 17 nitrogen and oxygen atoms in total. The van der Waals surface area contributed by atoms with E-state index in [1.54, 1.807) is 41.5 Å². The molecule has 2 amide bonds. The maximum atomic E-state index is 14.6. The van der Waals surface area contributed by atoms with Crippen molar-refractivity contribution in [3.63, 3.8) is 0 Å². The zero-order valence-electron chi connectivity index (χ0n) is 42.8. The molecule has 0 unspecified atom stereocenters. The molecule has 0 aliphatic carbocycles. The van der Waals surface area contributed by atoms with Gasteiger partial charge in [-0.05, 0) is 106 Å². The third-order valence-electron chi connectivity index (χ3n) is 15.0. The monoisotopic (exact) mass is 961 g/mol. The molecule has 17 heteroatoms. The van der Waals surface area contributed by atoms with Crippen molar-refractivity contribution in [3.8, 4) is 0 Å². The van der Waals surface area contributed by atoms with Gasteiger partial charge in [-0.15, -0.1) is 0 Å². The van der Waals surface area contributed by atoms with Gasteiger partial charge in [0.2, 0.25) is 0 Å². The molecule has 386 valence electrons. The number of nitrogens with zero attached hydrogens (tertiary/aromatic N) is 2. The van der Waals surface area contributed by atoms with Gasteiger partial charge in [0, 0.05) is 56.6 Å². The van der Waals surface area contributed by atoms with Gasteiger partial charge in [-0.2, -0.15) is 0 Å². The van der Waals surface area contributed by atoms with E-state index in [4.69, 9.17) is 28.4 Å². The summed E-state index contributed by atoms with van der Waals surface area (Å²) in [5.41, 5.74) is -3.96. The molecule has 0 radical (unpaired) electrons. The number of hydrogen-bond acceptors (Lipinski definition) is 15. The zero-order valence-corrected chi connectivity index (χ0v) is 42.8. The number of aliphatic hydroxyl groups is 5. The number of cyclic esters (lactones) is 1. The Morgan fingerprint density at radius 3 is 2.26 bits per heavy atom. The number of likely N-dealkylation sites (N-methyl/N-ethyl adjacent to an activating group) is 1. The molecule has 0 spiro atoms. The number of fused-ring (bicyclic) bond motifs is 1. The molecule has 7 N–H and O–H groups in total. The van der Waals surface area contributed by atoms with E-state index < -0.39 is 96.0 Å². The second-order valence-corrected chi connectivity index (χ2v) is 21.0. The molecule has 0 bridgehead atoms. The number of carbonyl (C=O) groups is 2. The van der Waals surface area contributed by atoms with Crippen LogP contribution in [0.25, 0.3) is 10.8 Å². The largest absolute Gasteiger partial charge is 0.459 e. The molecule has 0 saturated carbocycles. The Kier molecular flexibility index (Phi) is 19.3. The predicted molar refractivity (Wildman–Crippen MR) is 259 cm³/mol. The summed E-state index contributed by atoms with van der Waals surface area (Å²) in [6.45, 7) is 18.5. The van der Waals surface area contributed by atoms with Gasteiger partial charge in [-0.25, -0.2) is 4.79 Å². The van der Waals surface area contributed by atoms with E-state index in [1.807, 2.05) is 87.1 Å². The molecule has 0 aromatic heterocycles. The van der Waals surface area contributed by atoms with Crippen LogP contribution in [0.2, 0.25) is 0 Å². The van der Waals surface area contributed by atoms with Crippen LogP contribution >= 0.6 is 0 Å². The molecule has 3 aliphatic heterocycles. The van der Waals surface area contributed by atoms with Gasteiger partial charge in [0.1, 0.15) is 30.0 Å². The van der Waals surface area contributed by atoms with E-state index in [0.29, 0.717) is 38.2 Å². The minimum absolute atomic E-state index is 0.0992. The molecule has 68 heavy (non-hydrogen) atoms. The van der Waals surface area contributed by atoms with E-state index in [1.165, 1.54) is 14.0 Å². The van der Waals surface area contributed by atoms with E-state index >= 15 is 0 Å². The number of ether oxygens (including phenoxy) is 6. The first kappa shape index (κ1) is 55.9. The summed E-state index contributed by atoms with van der Waals surface area (Å²) < 4.78 is 38.1. The van der Waals surface area contributed by atoms with Crippen LogP contribution < -0.4 is 10.6 Å². The van der Waals surface area contributed by atoms with Crippen molar-refractivity contribution in [3.05, 3.63) is 42.5 Å². The average Bonchev–Trinajstić information content (AvgIpc) is 3.28. The Morgan fingerprint density at radius 1 is 0.926 bits per heavy atom. The first-order chi connectivity index (χ1) is 31.8. The average molecular weight is 961 g/mol. The fraction of sp³-hybridized carbons (Fsp3) is 0.765. The van der Waals surface area contributed by atoms with Gasteiger partial charge in [-0.3, -0.25) is 9.69 Å². The van der Waals surface area contributed by atoms with Crippen molar-refractivity contribution in [2.24, 2.45) is 17.8 Å². The molecule has 18 atom stereocenters. The van der Waals surface area contributed by atoms with Crippen LogP contribution in [-0.2, 0) is 33.2 Å². The standard InChI is InChI=1S/C51H84N4O13/c1-14-39-51(10,62)43(57)33(6)55(24-18-23-52-48(60)53-37-22-17-20-35-19-15-16-21-36(35)37)28-29(2)26-49(8,61)45(68-47-41(56)38(54(11)12)25-30(3)64-47)31(4)42(32(5)46(59)66-39)67-40-27-50(9,63-13)44(58)34(7)65-40/h15-17,19-22,29-34,38-45,47,56-58,61-62H,14,18,23-28H2,1-13H3,(H2,52,53,60)/t29-,30-,31+,32-,33-,34+,38+,39-,40-,41-,42+,43-,44+,45-,47+,49-,50-,51-/m1/s1. The number of aliphatic hydroxyl groups excluding tert-OH is 3. The van der Waals surface area contributed by atoms with Crippen molar-refractivity contribution in [1.82, 2.24) is 15.1 Å². The van der Waals surface area contributed by atoms with Crippen molar-refractivity contribution in [1.29, 1.82) is 0 Å². The Morgan fingerprint density at radius 2 is 1.60 bits per heavy atom. The predicted octanol–water partition coefficient (Wildman–Crippen LogP) is 4.64. The summed E-state index contributed by atoms with van der Waals surface area (Å²) in [5.74, 6) is -2.89. The SMILES string of the molecule is CC[C@H]1OC(=O)[C@H](C)[C@@H](O[C@@H]2C[C@@](C)(OC)[C@@H](O)[C@H](C)O2)[C@H](C)[C@@H](O[C@@H]2O[C@H](C)C[C@H](N(C)C)[C@H]2O)[C@](C)(O)C[C@@H](C)CN(CCCNC(=O)Nc2cccc3ccccc23)[C@H](C)[C@@H](O)[C@]1(C)O. The molecule has 5 rings (SSSR count). The maximum absolute atomic E-state index is 14.6. The number of esters is 1. The Hall–Kier alpha value is -3.04. The molecular formula is C51H84N4O13. The minimum Gasteiger partial charge on any atom is -0.459 e. The van der Waals surface area contributed by atoms with Gasteiger partial charge in [0.25, 0.3) is 0 Å². The van der Waals surface area contributed by atoms with Gasteiger partial charge in [-0.1, -0.05) is 57.2 Å². The van der Waals surface area contributed by atoms with E-state index in [-0.39, 0.29) is 43.4 Å². The Labute approximate surface area is 404 Å². The van der Waals surface area contributed by atoms with Crippen molar-refractivity contribution < 1.29 is 63.5 Å². The highest BCUT2D eigenvalue weighted by Crippen LogP contribution is 2.40. The lowest BCUT2D eigenvalue weighted by atomic mass is 9.77. The lowest BCUT2D eigenvalue weighted by Crippen LogP contribution is -2.60. The first-order valence-electron chi connectivity index (χ1n) is 24.6. The lowest BCUT2D eigenvalue weighted by molar-refractivity contribution is -0.318. The topological polar surface area (TPSA) is 221 Å². The molecule has 3 aliphatic rings. The molecular weight excluding hydrogens is 877 g/mol. The molecule has 2 aromatic carbocycles. The van der Waals surface area contributed by atoms with Gasteiger partial charge < -0.3 is 69.5 Å². The van der Waals surface area contributed by atoms with Gasteiger partial charge >= 0.3 is 12.0 Å². The van der Waals surface area contributed by atoms with E-state index in [2.05, 4.69) is 10.6 Å². The number of hydrogen-bond donors (Lipinski definition) is 7. The second-order valence-electron chi connectivity index (χ2n) is 21.0. The van der Waals surface area contributed by atoms with Gasteiger partial charge in [0.15, 0.2) is 12.6 Å². The lowest BCUT2D eigenvalue weighted by Gasteiger charge is -2.48. The highest BCUT2D eigenvalue weighted by Gasteiger charge is 2.53. The Balaban J connectivity index is 1.48. The third kappa shape index (κ3) is 13.1. The number of carbonyl (C=O) groups excluding carboxylic acids is 2. The zero-order chi connectivity index (χ0) is 50.5. The van der Waals surface area contributed by atoms with E-state index in [9.17, 15) is 35.1 Å². The van der Waals surface area contributed by atoms with Crippen LogP contribution in [0.5, 0.6) is 0 Å². The smallest absolute Gasteiger partial charge is 0.319 e. The third-order valence-corrected chi connectivity index (χ3v) is 15.0. The summed E-state index contributed by atoms with van der Waals surface area (Å²) >= 11 is 0. The number of nitrogens with one attached hydrogen (secondary N) is 2.